The highest BCUT2D eigenvalue weighted by Crippen LogP contribution is 2.30. The first-order valence-corrected chi connectivity index (χ1v) is 5.92. The lowest BCUT2D eigenvalue weighted by Crippen LogP contribution is -1.97. The van der Waals surface area contributed by atoms with Crippen molar-refractivity contribution in [1.29, 1.82) is 0 Å². The van der Waals surface area contributed by atoms with Gasteiger partial charge in [0.25, 0.3) is 5.69 Å². The molecule has 0 aliphatic rings. The molecule has 0 atom stereocenters. The van der Waals surface area contributed by atoms with Crippen LogP contribution in [0.2, 0.25) is 0 Å². The van der Waals surface area contributed by atoms with E-state index in [0.29, 0.717) is 22.4 Å². The van der Waals surface area contributed by atoms with Gasteiger partial charge < -0.3 is 9.52 Å². The minimum atomic E-state index is -0.498. The van der Waals surface area contributed by atoms with E-state index in [-0.39, 0.29) is 17.9 Å². The minimum Gasteiger partial charge on any atom is -0.463 e. The van der Waals surface area contributed by atoms with Crippen molar-refractivity contribution >= 4 is 16.6 Å². The quantitative estimate of drug-likeness (QED) is 0.583. The van der Waals surface area contributed by atoms with Gasteiger partial charge in [0.05, 0.1) is 34.3 Å². The first kappa shape index (κ1) is 12.3. The average molecular weight is 270 g/mol. The Kier molecular flexibility index (Phi) is 2.92. The number of furan rings is 1. The fraction of sp³-hybridized carbons (Fsp3) is 0.0714. The fourth-order valence-corrected chi connectivity index (χ4v) is 2.14. The number of benzene rings is 1. The van der Waals surface area contributed by atoms with Gasteiger partial charge in [-0.2, -0.15) is 0 Å². The highest BCUT2D eigenvalue weighted by molar-refractivity contribution is 5.90. The fourth-order valence-electron chi connectivity index (χ4n) is 2.14. The number of nitrogens with zero attached hydrogens (tertiary/aromatic N) is 2. The largest absolute Gasteiger partial charge is 0.463 e. The van der Waals surface area contributed by atoms with Gasteiger partial charge in [-0.15, -0.1) is 0 Å². The van der Waals surface area contributed by atoms with Crippen LogP contribution in [0, 0.1) is 10.1 Å². The van der Waals surface area contributed by atoms with E-state index in [4.69, 9.17) is 4.42 Å². The van der Waals surface area contributed by atoms with Crippen LogP contribution in [0.4, 0.5) is 5.69 Å². The van der Waals surface area contributed by atoms with E-state index in [2.05, 4.69) is 4.98 Å². The maximum absolute atomic E-state index is 11.2. The van der Waals surface area contributed by atoms with Crippen LogP contribution in [-0.4, -0.2) is 15.0 Å². The van der Waals surface area contributed by atoms with E-state index in [1.165, 1.54) is 6.07 Å². The van der Waals surface area contributed by atoms with Crippen molar-refractivity contribution < 1.29 is 14.4 Å². The van der Waals surface area contributed by atoms with Crippen LogP contribution in [0.25, 0.3) is 22.4 Å². The molecule has 0 saturated carbocycles. The Hall–Kier alpha value is -2.73. The summed E-state index contributed by atoms with van der Waals surface area (Å²) in [6, 6.07) is 9.97. The number of hydrogen-bond acceptors (Lipinski definition) is 5. The van der Waals surface area contributed by atoms with Crippen LogP contribution in [0.1, 0.15) is 5.56 Å². The summed E-state index contributed by atoms with van der Waals surface area (Å²) in [7, 11) is 0. The minimum absolute atomic E-state index is 0.108. The molecule has 1 N–H and O–H groups in total. The lowest BCUT2D eigenvalue weighted by molar-refractivity contribution is -0.384. The molecule has 0 fully saturated rings. The molecule has 1 aromatic carbocycles. The molecule has 2 heterocycles. The van der Waals surface area contributed by atoms with Crippen molar-refractivity contribution in [3.63, 3.8) is 0 Å². The lowest BCUT2D eigenvalue weighted by Gasteiger charge is -2.05. The molecular weight excluding hydrogens is 260 g/mol. The summed E-state index contributed by atoms with van der Waals surface area (Å²) in [5, 5.41) is 20.7. The number of nitro benzene ring substituents is 1. The van der Waals surface area contributed by atoms with Crippen LogP contribution >= 0.6 is 0 Å². The molecular formula is C14H10N2O4. The summed E-state index contributed by atoms with van der Waals surface area (Å²) in [4.78, 5) is 15.0. The molecule has 0 spiro atoms. The Morgan fingerprint density at radius 3 is 2.75 bits per heavy atom. The van der Waals surface area contributed by atoms with Crippen LogP contribution < -0.4 is 0 Å². The maximum atomic E-state index is 11.2. The molecule has 100 valence electrons. The molecule has 6 nitrogen and oxygen atoms in total. The molecule has 3 rings (SSSR count). The summed E-state index contributed by atoms with van der Waals surface area (Å²) in [6.07, 6.45) is 1.54. The zero-order valence-corrected chi connectivity index (χ0v) is 10.3. The lowest BCUT2D eigenvalue weighted by atomic mass is 10.1. The SMILES string of the molecule is O=[N+]([O-])c1c(CO)ccc2nc(-c3ccco3)ccc12. The number of pyridine rings is 1. The topological polar surface area (TPSA) is 89.4 Å². The van der Waals surface area contributed by atoms with Gasteiger partial charge in [-0.05, 0) is 36.4 Å². The van der Waals surface area contributed by atoms with Gasteiger partial charge in [-0.1, -0.05) is 0 Å². The van der Waals surface area contributed by atoms with E-state index < -0.39 is 4.92 Å². The first-order valence-electron chi connectivity index (χ1n) is 5.92. The van der Waals surface area contributed by atoms with Gasteiger partial charge in [-0.25, -0.2) is 4.98 Å². The van der Waals surface area contributed by atoms with E-state index in [1.807, 2.05) is 0 Å². The highest BCUT2D eigenvalue weighted by Gasteiger charge is 2.19. The van der Waals surface area contributed by atoms with Gasteiger partial charge in [0.2, 0.25) is 0 Å². The van der Waals surface area contributed by atoms with Crippen molar-refractivity contribution in [3.05, 3.63) is 58.3 Å². The van der Waals surface area contributed by atoms with Gasteiger partial charge in [0, 0.05) is 0 Å². The van der Waals surface area contributed by atoms with Gasteiger partial charge >= 0.3 is 0 Å². The van der Waals surface area contributed by atoms with Gasteiger partial charge in [0.1, 0.15) is 5.69 Å². The Balaban J connectivity index is 2.25. The van der Waals surface area contributed by atoms with Crippen molar-refractivity contribution in [1.82, 2.24) is 4.98 Å². The number of nitro groups is 1. The van der Waals surface area contributed by atoms with E-state index in [9.17, 15) is 15.2 Å². The summed E-state index contributed by atoms with van der Waals surface area (Å²) >= 11 is 0. The molecule has 0 bridgehead atoms. The molecule has 0 aliphatic carbocycles. The summed E-state index contributed by atoms with van der Waals surface area (Å²) in [6.45, 7) is -0.383. The smallest absolute Gasteiger partial charge is 0.284 e. The zero-order chi connectivity index (χ0) is 14.1. The zero-order valence-electron chi connectivity index (χ0n) is 10.3. The predicted octanol–water partition coefficient (Wildman–Crippen LogP) is 2.90. The van der Waals surface area contributed by atoms with E-state index in [0.717, 1.165) is 0 Å². The van der Waals surface area contributed by atoms with Crippen LogP contribution in [0.3, 0.4) is 0 Å². The molecule has 0 saturated heterocycles. The Labute approximate surface area is 113 Å². The third kappa shape index (κ3) is 1.92. The molecule has 2 aromatic heterocycles. The van der Waals surface area contributed by atoms with Gasteiger partial charge in [-0.3, -0.25) is 10.1 Å². The molecule has 0 unspecified atom stereocenters. The highest BCUT2D eigenvalue weighted by atomic mass is 16.6. The number of aliphatic hydroxyl groups is 1. The average Bonchev–Trinajstić information content (AvgIpc) is 2.99. The molecule has 3 aromatic rings. The number of hydrogen-bond donors (Lipinski definition) is 1. The van der Waals surface area contributed by atoms with Crippen molar-refractivity contribution in [2.75, 3.05) is 0 Å². The van der Waals surface area contributed by atoms with Crippen molar-refractivity contribution in [2.24, 2.45) is 0 Å². The molecule has 6 heteroatoms. The molecule has 20 heavy (non-hydrogen) atoms. The predicted molar refractivity (Wildman–Crippen MR) is 72.0 cm³/mol. The number of rotatable bonds is 3. The number of fused-ring (bicyclic) bond motifs is 1. The standard InChI is InChI=1S/C14H10N2O4/c17-8-9-3-5-11-10(14(9)16(18)19)4-6-12(15-11)13-2-1-7-20-13/h1-7,17H,8H2. The summed E-state index contributed by atoms with van der Waals surface area (Å²) < 4.78 is 5.25. The van der Waals surface area contributed by atoms with E-state index >= 15 is 0 Å². The van der Waals surface area contributed by atoms with Crippen molar-refractivity contribution in [3.8, 4) is 11.5 Å². The Morgan fingerprint density at radius 2 is 2.10 bits per heavy atom. The van der Waals surface area contributed by atoms with Crippen LogP contribution in [0.5, 0.6) is 0 Å². The van der Waals surface area contributed by atoms with E-state index in [1.54, 1.807) is 36.6 Å². The Bertz CT molecular complexity index is 781. The second-order valence-corrected chi connectivity index (χ2v) is 4.23. The van der Waals surface area contributed by atoms with Crippen LogP contribution in [-0.2, 0) is 6.61 Å². The van der Waals surface area contributed by atoms with Gasteiger partial charge in [0.15, 0.2) is 5.76 Å². The third-order valence-electron chi connectivity index (χ3n) is 3.05. The Morgan fingerprint density at radius 1 is 1.25 bits per heavy atom. The second-order valence-electron chi connectivity index (χ2n) is 4.23. The summed E-state index contributed by atoms with van der Waals surface area (Å²) in [5.41, 5.74) is 1.26. The first-order chi connectivity index (χ1) is 9.70. The van der Waals surface area contributed by atoms with Crippen LogP contribution in [0.15, 0.2) is 47.1 Å². The number of aromatic nitrogens is 1. The second kappa shape index (κ2) is 4.75. The molecule has 0 amide bonds. The van der Waals surface area contributed by atoms with Crippen molar-refractivity contribution in [2.45, 2.75) is 6.61 Å². The summed E-state index contributed by atoms with van der Waals surface area (Å²) in [5.74, 6) is 0.598. The molecule has 0 aliphatic heterocycles. The maximum Gasteiger partial charge on any atom is 0.284 e. The molecule has 0 radical (unpaired) electrons. The monoisotopic (exact) mass is 270 g/mol. The number of aliphatic hydroxyl groups excluding tert-OH is 1. The normalized spacial score (nSPS) is 10.8. The third-order valence-corrected chi connectivity index (χ3v) is 3.05.